The van der Waals surface area contributed by atoms with Crippen molar-refractivity contribution in [1.29, 1.82) is 0 Å². The molecule has 7 N–H and O–H groups in total. The molecule has 0 aromatic carbocycles. The number of unbranched alkanes of at least 4 members (excludes halogenated alkanes) is 4. The number of hydrogen-bond acceptors (Lipinski definition) is 6. The van der Waals surface area contributed by atoms with Crippen molar-refractivity contribution in [3.63, 3.8) is 0 Å². The van der Waals surface area contributed by atoms with Crippen molar-refractivity contribution in [1.82, 2.24) is 15.3 Å². The topological polar surface area (TPSA) is 145 Å². The third-order valence-electron chi connectivity index (χ3n) is 3.58. The highest BCUT2D eigenvalue weighted by Gasteiger charge is 2.16. The molecule has 0 fully saturated rings. The molecule has 0 atom stereocenters. The standard InChI is InChI=1S/C16H28ClN7O.2ClH/c1-10(2)8-6-4-3-5-7-9-21-16(20)24-15(25)11-13(18)23-14(19)12(17)22-11;;/h10H,3-9H2,1-2H3,(H4,18,19,23)(H3,20,21,24,25);2*1H. The molecule has 0 spiro atoms. The first-order valence-corrected chi connectivity index (χ1v) is 8.88. The van der Waals surface area contributed by atoms with Crippen LogP contribution in [0.25, 0.3) is 0 Å². The van der Waals surface area contributed by atoms with Gasteiger partial charge in [0.2, 0.25) is 0 Å². The second-order valence-corrected chi connectivity index (χ2v) is 6.66. The zero-order valence-corrected chi connectivity index (χ0v) is 18.1. The van der Waals surface area contributed by atoms with Crippen molar-refractivity contribution >= 4 is 59.9 Å². The maximum atomic E-state index is 12.0. The Balaban J connectivity index is 0. The van der Waals surface area contributed by atoms with Crippen LogP contribution >= 0.6 is 36.4 Å². The number of nitrogens with two attached hydrogens (primary N) is 3. The minimum absolute atomic E-state index is 0. The lowest BCUT2D eigenvalue weighted by molar-refractivity contribution is 0.0972. The van der Waals surface area contributed by atoms with Gasteiger partial charge < -0.3 is 17.2 Å². The number of nitrogen functional groups attached to an aromatic ring is 2. The van der Waals surface area contributed by atoms with Crippen LogP contribution in [0.4, 0.5) is 11.6 Å². The largest absolute Gasteiger partial charge is 0.382 e. The van der Waals surface area contributed by atoms with Crippen LogP contribution in [0.2, 0.25) is 5.15 Å². The number of hydrogen-bond donors (Lipinski definition) is 4. The summed E-state index contributed by atoms with van der Waals surface area (Å²) in [7, 11) is 0. The molecule has 27 heavy (non-hydrogen) atoms. The number of guanidine groups is 1. The van der Waals surface area contributed by atoms with Gasteiger partial charge in [0.05, 0.1) is 0 Å². The lowest BCUT2D eigenvalue weighted by atomic mass is 10.0. The van der Waals surface area contributed by atoms with Gasteiger partial charge in [-0.25, -0.2) is 9.97 Å². The van der Waals surface area contributed by atoms with Gasteiger partial charge >= 0.3 is 0 Å². The van der Waals surface area contributed by atoms with E-state index in [9.17, 15) is 4.79 Å². The maximum Gasteiger partial charge on any atom is 0.280 e. The second kappa shape index (κ2) is 14.5. The van der Waals surface area contributed by atoms with Crippen LogP contribution in [-0.2, 0) is 0 Å². The smallest absolute Gasteiger partial charge is 0.280 e. The van der Waals surface area contributed by atoms with Crippen LogP contribution < -0.4 is 22.5 Å². The van der Waals surface area contributed by atoms with E-state index < -0.39 is 5.91 Å². The van der Waals surface area contributed by atoms with Crippen molar-refractivity contribution in [3.8, 4) is 0 Å². The van der Waals surface area contributed by atoms with Crippen molar-refractivity contribution in [2.45, 2.75) is 52.4 Å². The Labute approximate surface area is 177 Å². The van der Waals surface area contributed by atoms with Gasteiger partial charge in [-0.3, -0.25) is 15.1 Å². The van der Waals surface area contributed by atoms with Crippen LogP contribution in [-0.4, -0.2) is 28.4 Å². The Hall–Kier alpha value is -1.51. The monoisotopic (exact) mass is 441 g/mol. The number of nitrogens with one attached hydrogen (secondary N) is 1. The summed E-state index contributed by atoms with van der Waals surface area (Å²) in [4.78, 5) is 23.7. The molecule has 1 rings (SSSR count). The van der Waals surface area contributed by atoms with E-state index in [0.717, 1.165) is 18.8 Å². The SMILES string of the molecule is CC(C)CCCCCCCN=C(N)NC(=O)c1nc(Cl)c(N)nc1N.Cl.Cl. The second-order valence-electron chi connectivity index (χ2n) is 6.30. The van der Waals surface area contributed by atoms with E-state index in [1.165, 1.54) is 25.7 Å². The fraction of sp³-hybridized carbons (Fsp3) is 0.625. The van der Waals surface area contributed by atoms with Crippen LogP contribution in [0.3, 0.4) is 0 Å². The predicted molar refractivity (Wildman–Crippen MR) is 117 cm³/mol. The molecule has 11 heteroatoms. The number of rotatable bonds is 9. The molecule has 0 bridgehead atoms. The quantitative estimate of drug-likeness (QED) is 0.262. The van der Waals surface area contributed by atoms with E-state index in [1.807, 2.05) is 0 Å². The molecule has 0 saturated carbocycles. The van der Waals surface area contributed by atoms with E-state index in [-0.39, 0.29) is 53.3 Å². The zero-order valence-electron chi connectivity index (χ0n) is 15.7. The summed E-state index contributed by atoms with van der Waals surface area (Å²) >= 11 is 5.74. The van der Waals surface area contributed by atoms with Gasteiger partial charge in [-0.1, -0.05) is 57.6 Å². The van der Waals surface area contributed by atoms with Crippen molar-refractivity contribution in [3.05, 3.63) is 10.8 Å². The molecule has 0 saturated heterocycles. The first-order valence-electron chi connectivity index (χ1n) is 8.51. The summed E-state index contributed by atoms with van der Waals surface area (Å²) in [6.07, 6.45) is 6.99. The number of amides is 1. The van der Waals surface area contributed by atoms with Crippen LogP contribution in [0, 0.1) is 5.92 Å². The number of anilines is 2. The maximum absolute atomic E-state index is 12.0. The minimum atomic E-state index is -0.623. The number of carbonyl (C=O) groups is 1. The predicted octanol–water partition coefficient (Wildman–Crippen LogP) is 3.18. The Morgan fingerprint density at radius 2 is 1.67 bits per heavy atom. The van der Waals surface area contributed by atoms with E-state index >= 15 is 0 Å². The van der Waals surface area contributed by atoms with Gasteiger partial charge in [0.1, 0.15) is 0 Å². The molecule has 1 heterocycles. The fourth-order valence-electron chi connectivity index (χ4n) is 2.22. The molecule has 0 radical (unpaired) electrons. The normalized spacial score (nSPS) is 10.9. The molecule has 0 aliphatic heterocycles. The molecular formula is C16H30Cl3N7O. The van der Waals surface area contributed by atoms with Gasteiger partial charge in [-0.05, 0) is 12.3 Å². The molecule has 1 aromatic heterocycles. The van der Waals surface area contributed by atoms with E-state index in [2.05, 4.69) is 34.1 Å². The van der Waals surface area contributed by atoms with E-state index in [1.54, 1.807) is 0 Å². The Bertz CT molecular complexity index is 612. The van der Waals surface area contributed by atoms with Crippen LogP contribution in [0.1, 0.15) is 62.9 Å². The highest BCUT2D eigenvalue weighted by Crippen LogP contribution is 2.17. The van der Waals surface area contributed by atoms with Crippen molar-refractivity contribution in [2.24, 2.45) is 16.6 Å². The summed E-state index contributed by atoms with van der Waals surface area (Å²) in [5.74, 6) is 0.00260. The first-order chi connectivity index (χ1) is 11.8. The molecule has 156 valence electrons. The number of nitrogens with zero attached hydrogens (tertiary/aromatic N) is 3. The van der Waals surface area contributed by atoms with E-state index in [0.29, 0.717) is 6.54 Å². The van der Waals surface area contributed by atoms with Crippen molar-refractivity contribution < 1.29 is 4.79 Å². The molecule has 8 nitrogen and oxygen atoms in total. The summed E-state index contributed by atoms with van der Waals surface area (Å²) in [5, 5.41) is 2.32. The lowest BCUT2D eigenvalue weighted by Gasteiger charge is -2.07. The lowest BCUT2D eigenvalue weighted by Crippen LogP contribution is -2.38. The van der Waals surface area contributed by atoms with E-state index in [4.69, 9.17) is 28.8 Å². The van der Waals surface area contributed by atoms with Gasteiger partial charge in [0, 0.05) is 6.54 Å². The minimum Gasteiger partial charge on any atom is -0.382 e. The highest BCUT2D eigenvalue weighted by atomic mass is 35.5. The summed E-state index contributed by atoms with van der Waals surface area (Å²) in [6, 6.07) is 0. The summed E-state index contributed by atoms with van der Waals surface area (Å²) in [6.45, 7) is 5.03. The average molecular weight is 443 g/mol. The van der Waals surface area contributed by atoms with Crippen LogP contribution in [0.5, 0.6) is 0 Å². The molecule has 1 amide bonds. The summed E-state index contributed by atoms with van der Waals surface area (Å²) < 4.78 is 0. The van der Waals surface area contributed by atoms with Crippen molar-refractivity contribution in [2.75, 3.05) is 18.0 Å². The van der Waals surface area contributed by atoms with Gasteiger partial charge in [0.15, 0.2) is 28.4 Å². The first kappa shape index (κ1) is 27.7. The van der Waals surface area contributed by atoms with Gasteiger partial charge in [-0.15, -0.1) is 24.8 Å². The number of halogens is 3. The number of aliphatic imine (C=N–C) groups is 1. The molecule has 0 unspecified atom stereocenters. The molecule has 0 aliphatic rings. The Morgan fingerprint density at radius 3 is 2.30 bits per heavy atom. The molecular weight excluding hydrogens is 413 g/mol. The highest BCUT2D eigenvalue weighted by molar-refractivity contribution is 6.31. The van der Waals surface area contributed by atoms with Crippen LogP contribution in [0.15, 0.2) is 4.99 Å². The fourth-order valence-corrected chi connectivity index (χ4v) is 2.34. The molecule has 1 aromatic rings. The number of aromatic nitrogens is 2. The van der Waals surface area contributed by atoms with Gasteiger partial charge in [-0.2, -0.15) is 0 Å². The number of carbonyl (C=O) groups excluding carboxylic acids is 1. The third kappa shape index (κ3) is 11.0. The van der Waals surface area contributed by atoms with Gasteiger partial charge in [0.25, 0.3) is 5.91 Å². The average Bonchev–Trinajstić information content (AvgIpc) is 2.53. The zero-order chi connectivity index (χ0) is 18.8. The molecule has 0 aliphatic carbocycles. The Kier molecular flexibility index (Phi) is 14.9. The summed E-state index contributed by atoms with van der Waals surface area (Å²) in [5.41, 5.74) is 16.6. The Morgan fingerprint density at radius 1 is 1.07 bits per heavy atom. The third-order valence-corrected chi connectivity index (χ3v) is 3.86.